The fraction of sp³-hybridized carbons (Fsp3) is 0.400. The highest BCUT2D eigenvalue weighted by Crippen LogP contribution is 2.20. The van der Waals surface area contributed by atoms with Crippen molar-refractivity contribution >= 4 is 39.1 Å². The minimum Gasteiger partial charge on any atom is -0.459 e. The molecular weight excluding hydrogens is 294 g/mol. The van der Waals surface area contributed by atoms with Crippen LogP contribution in [0, 0.1) is 0 Å². The molecule has 1 amide bonds. The van der Waals surface area contributed by atoms with Gasteiger partial charge in [-0.05, 0) is 28.9 Å². The van der Waals surface area contributed by atoms with Crippen molar-refractivity contribution < 1.29 is 14.3 Å². The molecule has 88 valence electrons. The number of rotatable bonds is 3. The fourth-order valence-electron chi connectivity index (χ4n) is 1.09. The second-order valence-corrected chi connectivity index (χ2v) is 5.02. The SMILES string of the molecule is CCOC(=O)C(=O)N(C)Cc1cc(Br)cs1. The van der Waals surface area contributed by atoms with Gasteiger partial charge in [-0.2, -0.15) is 0 Å². The van der Waals surface area contributed by atoms with E-state index in [-0.39, 0.29) is 6.61 Å². The van der Waals surface area contributed by atoms with Crippen LogP contribution in [0.3, 0.4) is 0 Å². The summed E-state index contributed by atoms with van der Waals surface area (Å²) < 4.78 is 5.61. The number of hydrogen-bond donors (Lipinski definition) is 0. The van der Waals surface area contributed by atoms with Crippen molar-refractivity contribution in [1.82, 2.24) is 4.90 Å². The van der Waals surface area contributed by atoms with Crippen LogP contribution in [0.1, 0.15) is 11.8 Å². The lowest BCUT2D eigenvalue weighted by Crippen LogP contribution is -2.33. The summed E-state index contributed by atoms with van der Waals surface area (Å²) in [5.41, 5.74) is 0. The number of hydrogen-bond acceptors (Lipinski definition) is 4. The molecule has 0 spiro atoms. The zero-order valence-corrected chi connectivity index (χ0v) is 11.4. The average molecular weight is 306 g/mol. The van der Waals surface area contributed by atoms with E-state index in [1.54, 1.807) is 14.0 Å². The van der Waals surface area contributed by atoms with E-state index in [4.69, 9.17) is 0 Å². The van der Waals surface area contributed by atoms with Crippen molar-refractivity contribution in [3.05, 3.63) is 20.8 Å². The molecule has 0 aliphatic carbocycles. The van der Waals surface area contributed by atoms with Gasteiger partial charge in [0.05, 0.1) is 13.2 Å². The number of ether oxygens (including phenoxy) is 1. The molecule has 0 saturated heterocycles. The van der Waals surface area contributed by atoms with Gasteiger partial charge in [0.1, 0.15) is 0 Å². The largest absolute Gasteiger partial charge is 0.459 e. The zero-order chi connectivity index (χ0) is 12.1. The van der Waals surface area contributed by atoms with Crippen molar-refractivity contribution in [3.63, 3.8) is 0 Å². The molecule has 0 atom stereocenters. The van der Waals surface area contributed by atoms with Gasteiger partial charge in [-0.3, -0.25) is 4.79 Å². The van der Waals surface area contributed by atoms with Gasteiger partial charge in [0, 0.05) is 21.8 Å². The number of amides is 1. The van der Waals surface area contributed by atoms with Crippen molar-refractivity contribution in [1.29, 1.82) is 0 Å². The highest BCUT2D eigenvalue weighted by atomic mass is 79.9. The maximum atomic E-state index is 11.5. The van der Waals surface area contributed by atoms with E-state index in [2.05, 4.69) is 20.7 Å². The van der Waals surface area contributed by atoms with Gasteiger partial charge in [0.15, 0.2) is 0 Å². The molecule has 0 radical (unpaired) electrons. The Balaban J connectivity index is 2.55. The van der Waals surface area contributed by atoms with Crippen LogP contribution in [-0.4, -0.2) is 30.4 Å². The Morgan fingerprint density at radius 2 is 2.25 bits per heavy atom. The summed E-state index contributed by atoms with van der Waals surface area (Å²) in [5, 5.41) is 1.93. The Morgan fingerprint density at radius 3 is 2.75 bits per heavy atom. The molecule has 16 heavy (non-hydrogen) atoms. The number of carbonyl (C=O) groups excluding carboxylic acids is 2. The normalized spacial score (nSPS) is 9.94. The molecule has 1 heterocycles. The van der Waals surface area contributed by atoms with E-state index in [1.165, 1.54) is 16.2 Å². The van der Waals surface area contributed by atoms with E-state index in [0.717, 1.165) is 9.35 Å². The zero-order valence-electron chi connectivity index (χ0n) is 9.03. The van der Waals surface area contributed by atoms with Crippen LogP contribution in [-0.2, 0) is 20.9 Å². The molecule has 1 rings (SSSR count). The van der Waals surface area contributed by atoms with E-state index < -0.39 is 11.9 Å². The Kier molecular flexibility index (Phi) is 4.95. The van der Waals surface area contributed by atoms with E-state index in [9.17, 15) is 9.59 Å². The van der Waals surface area contributed by atoms with Gasteiger partial charge in [-0.25, -0.2) is 4.79 Å². The minimum atomic E-state index is -0.805. The van der Waals surface area contributed by atoms with Crippen molar-refractivity contribution in [3.8, 4) is 0 Å². The third kappa shape index (κ3) is 3.61. The van der Waals surface area contributed by atoms with Gasteiger partial charge in [0.25, 0.3) is 0 Å². The summed E-state index contributed by atoms with van der Waals surface area (Å²) in [4.78, 5) is 25.0. The lowest BCUT2D eigenvalue weighted by Gasteiger charge is -2.14. The summed E-state index contributed by atoms with van der Waals surface area (Å²) in [7, 11) is 1.58. The molecule has 1 aromatic heterocycles. The average Bonchev–Trinajstić information content (AvgIpc) is 2.63. The van der Waals surface area contributed by atoms with E-state index in [0.29, 0.717) is 6.54 Å². The molecule has 6 heteroatoms. The summed E-state index contributed by atoms with van der Waals surface area (Å²) in [6.07, 6.45) is 0. The van der Waals surface area contributed by atoms with Crippen LogP contribution in [0.25, 0.3) is 0 Å². The predicted molar refractivity (Wildman–Crippen MR) is 65.1 cm³/mol. The summed E-state index contributed by atoms with van der Waals surface area (Å²) in [6.45, 7) is 2.29. The van der Waals surface area contributed by atoms with Crippen LogP contribution in [0.4, 0.5) is 0 Å². The van der Waals surface area contributed by atoms with Crippen LogP contribution in [0.5, 0.6) is 0 Å². The first-order chi connectivity index (χ1) is 7.54. The van der Waals surface area contributed by atoms with Gasteiger partial charge in [0.2, 0.25) is 0 Å². The van der Waals surface area contributed by atoms with Gasteiger partial charge in [-0.1, -0.05) is 0 Å². The smallest absolute Gasteiger partial charge is 0.397 e. The molecule has 0 bridgehead atoms. The first kappa shape index (κ1) is 13.2. The molecular formula is C10H12BrNO3S. The number of nitrogens with zero attached hydrogens (tertiary/aromatic N) is 1. The lowest BCUT2D eigenvalue weighted by molar-refractivity contribution is -0.159. The second kappa shape index (κ2) is 6.00. The molecule has 0 aliphatic heterocycles. The number of thiophene rings is 1. The van der Waals surface area contributed by atoms with Crippen molar-refractivity contribution in [2.24, 2.45) is 0 Å². The maximum Gasteiger partial charge on any atom is 0.397 e. The highest BCUT2D eigenvalue weighted by Gasteiger charge is 2.20. The monoisotopic (exact) mass is 305 g/mol. The van der Waals surface area contributed by atoms with Gasteiger partial charge < -0.3 is 9.64 Å². The Hall–Kier alpha value is -0.880. The van der Waals surface area contributed by atoms with E-state index in [1.807, 2.05) is 11.4 Å². The molecule has 0 aromatic carbocycles. The van der Waals surface area contributed by atoms with E-state index >= 15 is 0 Å². The van der Waals surface area contributed by atoms with Crippen LogP contribution in [0.15, 0.2) is 15.9 Å². The Morgan fingerprint density at radius 1 is 1.56 bits per heavy atom. The van der Waals surface area contributed by atoms with Crippen LogP contribution in [0.2, 0.25) is 0 Å². The molecule has 0 unspecified atom stereocenters. The van der Waals surface area contributed by atoms with Gasteiger partial charge in [-0.15, -0.1) is 11.3 Å². The molecule has 0 saturated carbocycles. The standard InChI is InChI=1S/C10H12BrNO3S/c1-3-15-10(14)9(13)12(2)5-8-4-7(11)6-16-8/h4,6H,3,5H2,1-2H3. The molecule has 0 N–H and O–H groups in total. The predicted octanol–water partition coefficient (Wildman–Crippen LogP) is 2.03. The highest BCUT2D eigenvalue weighted by molar-refractivity contribution is 9.10. The first-order valence-corrected chi connectivity index (χ1v) is 6.37. The maximum absolute atomic E-state index is 11.5. The number of carbonyl (C=O) groups is 2. The minimum absolute atomic E-state index is 0.211. The summed E-state index contributed by atoms with van der Waals surface area (Å²) in [5.74, 6) is -1.42. The lowest BCUT2D eigenvalue weighted by atomic mass is 10.4. The quantitative estimate of drug-likeness (QED) is 0.634. The van der Waals surface area contributed by atoms with Crippen molar-refractivity contribution in [2.45, 2.75) is 13.5 Å². The molecule has 4 nitrogen and oxygen atoms in total. The number of halogens is 1. The topological polar surface area (TPSA) is 46.6 Å². The molecule has 0 fully saturated rings. The molecule has 0 aliphatic rings. The fourth-order valence-corrected chi connectivity index (χ4v) is 2.59. The number of likely N-dealkylation sites (N-methyl/N-ethyl adjacent to an activating group) is 1. The second-order valence-electron chi connectivity index (χ2n) is 3.11. The Bertz CT molecular complexity index is 391. The number of esters is 1. The summed E-state index contributed by atoms with van der Waals surface area (Å²) in [6, 6.07) is 1.92. The van der Waals surface area contributed by atoms with Crippen LogP contribution < -0.4 is 0 Å². The third-order valence-electron chi connectivity index (χ3n) is 1.81. The first-order valence-electron chi connectivity index (χ1n) is 4.69. The third-order valence-corrected chi connectivity index (χ3v) is 3.49. The van der Waals surface area contributed by atoms with Gasteiger partial charge >= 0.3 is 11.9 Å². The van der Waals surface area contributed by atoms with Crippen molar-refractivity contribution in [2.75, 3.05) is 13.7 Å². The molecule has 1 aromatic rings. The Labute approximate surface area is 106 Å². The van der Waals surface area contributed by atoms with Crippen LogP contribution >= 0.6 is 27.3 Å². The summed E-state index contributed by atoms with van der Waals surface area (Å²) >= 11 is 4.86.